The molecule has 1 aromatic carbocycles. The molecule has 2 heteroatoms. The minimum Gasteiger partial charge on any atom is -0.459 e. The fourth-order valence-corrected chi connectivity index (χ4v) is 9.68. The first kappa shape index (κ1) is 27.7. The van der Waals surface area contributed by atoms with Crippen molar-refractivity contribution < 1.29 is 9.53 Å². The fraction of sp³-hybridized carbons (Fsp3) is 0.694. The van der Waals surface area contributed by atoms with Crippen LogP contribution in [0.4, 0.5) is 0 Å². The van der Waals surface area contributed by atoms with Crippen LogP contribution in [0.15, 0.2) is 48.1 Å². The van der Waals surface area contributed by atoms with Gasteiger partial charge in [0, 0.05) is 12.5 Å². The number of allylic oxidation sites excluding steroid dienone is 1. The summed E-state index contributed by atoms with van der Waals surface area (Å²) in [5.41, 5.74) is 3.46. The van der Waals surface area contributed by atoms with Crippen molar-refractivity contribution in [3.05, 3.63) is 53.6 Å². The van der Waals surface area contributed by atoms with Gasteiger partial charge in [-0.3, -0.25) is 0 Å². The molecule has 2 nitrogen and oxygen atoms in total. The van der Waals surface area contributed by atoms with Crippen molar-refractivity contribution in [1.82, 2.24) is 0 Å². The third kappa shape index (κ3) is 5.44. The molecule has 0 amide bonds. The van der Waals surface area contributed by atoms with E-state index in [4.69, 9.17) is 4.74 Å². The molecule has 0 saturated heterocycles. The van der Waals surface area contributed by atoms with E-state index < -0.39 is 0 Å². The molecule has 5 rings (SSSR count). The van der Waals surface area contributed by atoms with Crippen LogP contribution in [0.25, 0.3) is 6.08 Å². The minimum atomic E-state index is -0.204. The van der Waals surface area contributed by atoms with Crippen molar-refractivity contribution in [2.45, 2.75) is 111 Å². The molecular formula is C36H52O2. The van der Waals surface area contributed by atoms with Crippen LogP contribution in [0.3, 0.4) is 0 Å². The maximum Gasteiger partial charge on any atom is 0.331 e. The van der Waals surface area contributed by atoms with E-state index >= 15 is 0 Å². The summed E-state index contributed by atoms with van der Waals surface area (Å²) in [5, 5.41) is 0. The molecule has 4 aliphatic carbocycles. The first-order chi connectivity index (χ1) is 18.2. The molecule has 4 aliphatic rings. The zero-order chi connectivity index (χ0) is 26.9. The highest BCUT2D eigenvalue weighted by Crippen LogP contribution is 2.67. The Labute approximate surface area is 232 Å². The number of benzene rings is 1. The SMILES string of the molecule is CC(C)CCC[C@@H](C)[C@H]1CC[C@H]2[C@@H]3CC=C4C[C@@H](OC(=O)C=Cc5ccccc5)CC[C@]4(C)[C@H]3CC[C@]12C. The Kier molecular flexibility index (Phi) is 8.28. The molecule has 3 fully saturated rings. The summed E-state index contributed by atoms with van der Waals surface area (Å²) in [5.74, 6) is 4.97. The largest absolute Gasteiger partial charge is 0.459 e. The van der Waals surface area contributed by atoms with Gasteiger partial charge in [0.1, 0.15) is 6.10 Å². The summed E-state index contributed by atoms with van der Waals surface area (Å²) in [4.78, 5) is 12.6. The summed E-state index contributed by atoms with van der Waals surface area (Å²) in [6.07, 6.45) is 20.3. The predicted octanol–water partition coefficient (Wildman–Crippen LogP) is 9.65. The summed E-state index contributed by atoms with van der Waals surface area (Å²) < 4.78 is 5.95. The van der Waals surface area contributed by atoms with Crippen molar-refractivity contribution in [1.29, 1.82) is 0 Å². The lowest BCUT2D eigenvalue weighted by atomic mass is 9.47. The number of ether oxygens (including phenoxy) is 1. The Morgan fingerprint density at radius 2 is 1.79 bits per heavy atom. The number of carbonyl (C=O) groups is 1. The number of esters is 1. The van der Waals surface area contributed by atoms with Crippen molar-refractivity contribution in [3.63, 3.8) is 0 Å². The Morgan fingerprint density at radius 3 is 2.55 bits per heavy atom. The zero-order valence-corrected chi connectivity index (χ0v) is 24.8. The second-order valence-corrected chi connectivity index (χ2v) is 14.3. The molecule has 38 heavy (non-hydrogen) atoms. The maximum atomic E-state index is 12.6. The molecular weight excluding hydrogens is 464 g/mol. The van der Waals surface area contributed by atoms with Crippen molar-refractivity contribution in [3.8, 4) is 0 Å². The lowest BCUT2D eigenvalue weighted by Crippen LogP contribution is -2.51. The molecule has 8 atom stereocenters. The van der Waals surface area contributed by atoms with Crippen LogP contribution in [-0.2, 0) is 9.53 Å². The standard InChI is InChI=1S/C36H52O2/c1-25(2)10-9-11-26(3)31-17-18-32-30-16-15-28-24-29(38-34(37)19-14-27-12-7-6-8-13-27)20-22-35(28,4)33(30)21-23-36(31,32)5/h6-8,12-15,19,25-26,29-33H,9-11,16-18,20-24H2,1-5H3/t26-,29+,30+,31-,32+,33+,35+,36-/m1/s1. The Bertz CT molecular complexity index is 1020. The number of carbonyl (C=O) groups excluding carboxylic acids is 1. The number of rotatable bonds is 8. The maximum absolute atomic E-state index is 12.6. The summed E-state index contributed by atoms with van der Waals surface area (Å²) in [6.45, 7) is 12.6. The van der Waals surface area contributed by atoms with E-state index in [0.29, 0.717) is 10.8 Å². The van der Waals surface area contributed by atoms with E-state index in [2.05, 4.69) is 40.7 Å². The van der Waals surface area contributed by atoms with Gasteiger partial charge >= 0.3 is 5.97 Å². The first-order valence-corrected chi connectivity index (χ1v) is 15.8. The quantitative estimate of drug-likeness (QED) is 0.195. The van der Waals surface area contributed by atoms with Crippen LogP contribution < -0.4 is 0 Å². The molecule has 0 spiro atoms. The van der Waals surface area contributed by atoms with Crippen LogP contribution in [-0.4, -0.2) is 12.1 Å². The molecule has 0 unspecified atom stereocenters. The van der Waals surface area contributed by atoms with Gasteiger partial charge in [-0.1, -0.05) is 95.9 Å². The van der Waals surface area contributed by atoms with Gasteiger partial charge in [-0.2, -0.15) is 0 Å². The van der Waals surface area contributed by atoms with Gasteiger partial charge in [-0.05, 0) is 103 Å². The highest BCUT2D eigenvalue weighted by Gasteiger charge is 2.59. The highest BCUT2D eigenvalue weighted by molar-refractivity contribution is 5.87. The highest BCUT2D eigenvalue weighted by atomic mass is 16.5. The Morgan fingerprint density at radius 1 is 1.00 bits per heavy atom. The normalized spacial score (nSPS) is 37.3. The van der Waals surface area contributed by atoms with Crippen molar-refractivity contribution >= 4 is 12.0 Å². The number of fused-ring (bicyclic) bond motifs is 5. The Hall–Kier alpha value is -1.83. The molecule has 0 bridgehead atoms. The van der Waals surface area contributed by atoms with Crippen molar-refractivity contribution in [2.24, 2.45) is 46.3 Å². The van der Waals surface area contributed by atoms with Gasteiger partial charge in [0.15, 0.2) is 0 Å². The first-order valence-electron chi connectivity index (χ1n) is 15.8. The lowest BCUT2D eigenvalue weighted by Gasteiger charge is -2.58. The molecule has 0 N–H and O–H groups in total. The van der Waals surface area contributed by atoms with Gasteiger partial charge in [-0.15, -0.1) is 0 Å². The smallest absolute Gasteiger partial charge is 0.331 e. The topological polar surface area (TPSA) is 26.3 Å². The molecule has 208 valence electrons. The molecule has 0 radical (unpaired) electrons. The van der Waals surface area contributed by atoms with E-state index in [1.54, 1.807) is 11.6 Å². The monoisotopic (exact) mass is 516 g/mol. The summed E-state index contributed by atoms with van der Waals surface area (Å²) in [7, 11) is 0. The van der Waals surface area contributed by atoms with Gasteiger partial charge < -0.3 is 4.74 Å². The van der Waals surface area contributed by atoms with Gasteiger partial charge in [0.05, 0.1) is 0 Å². The van der Waals surface area contributed by atoms with Crippen molar-refractivity contribution in [2.75, 3.05) is 0 Å². The third-order valence-corrected chi connectivity index (χ3v) is 11.8. The van der Waals surface area contributed by atoms with E-state index in [1.165, 1.54) is 57.8 Å². The van der Waals surface area contributed by atoms with Crippen LogP contribution in [0.5, 0.6) is 0 Å². The van der Waals surface area contributed by atoms with Gasteiger partial charge in [0.25, 0.3) is 0 Å². The average Bonchev–Trinajstić information content (AvgIpc) is 3.25. The summed E-state index contributed by atoms with van der Waals surface area (Å²) in [6, 6.07) is 9.99. The predicted molar refractivity (Wildman–Crippen MR) is 158 cm³/mol. The van der Waals surface area contributed by atoms with Crippen LogP contribution in [0.1, 0.15) is 111 Å². The second-order valence-electron chi connectivity index (χ2n) is 14.3. The van der Waals surface area contributed by atoms with Crippen LogP contribution in [0.2, 0.25) is 0 Å². The minimum absolute atomic E-state index is 0.0233. The third-order valence-electron chi connectivity index (χ3n) is 11.8. The van der Waals surface area contributed by atoms with E-state index in [9.17, 15) is 4.79 Å². The average molecular weight is 517 g/mol. The van der Waals surface area contributed by atoms with E-state index in [1.807, 2.05) is 36.4 Å². The molecule has 0 heterocycles. The van der Waals surface area contributed by atoms with E-state index in [0.717, 1.165) is 53.9 Å². The molecule has 1 aromatic rings. The molecule has 3 saturated carbocycles. The number of hydrogen-bond donors (Lipinski definition) is 0. The van der Waals surface area contributed by atoms with Gasteiger partial charge in [0.2, 0.25) is 0 Å². The van der Waals surface area contributed by atoms with Crippen LogP contribution >= 0.6 is 0 Å². The Balaban J connectivity index is 1.22. The van der Waals surface area contributed by atoms with Crippen LogP contribution in [0, 0.1) is 46.3 Å². The molecule has 0 aromatic heterocycles. The zero-order valence-electron chi connectivity index (χ0n) is 24.8. The summed E-state index contributed by atoms with van der Waals surface area (Å²) >= 11 is 0. The fourth-order valence-electron chi connectivity index (χ4n) is 9.68. The van der Waals surface area contributed by atoms with E-state index in [-0.39, 0.29) is 12.1 Å². The molecule has 0 aliphatic heterocycles. The lowest BCUT2D eigenvalue weighted by molar-refractivity contribution is -0.145. The second kappa shape index (κ2) is 11.3. The number of hydrogen-bond acceptors (Lipinski definition) is 2. The van der Waals surface area contributed by atoms with Gasteiger partial charge in [-0.25, -0.2) is 4.79 Å².